The summed E-state index contributed by atoms with van der Waals surface area (Å²) in [5.74, 6) is 0.415. The molecule has 112 valence electrons. The van der Waals surface area contributed by atoms with E-state index < -0.39 is 0 Å². The molecule has 1 saturated heterocycles. The number of carbonyl (C=O) groups excluding carboxylic acids is 2. The van der Waals surface area contributed by atoms with Crippen molar-refractivity contribution in [2.45, 2.75) is 31.7 Å². The molecule has 1 atom stereocenters. The predicted octanol–water partition coefficient (Wildman–Crippen LogP) is 2.21. The number of amides is 3. The summed E-state index contributed by atoms with van der Waals surface area (Å²) in [7, 11) is 0. The van der Waals surface area contributed by atoms with Crippen molar-refractivity contribution >= 4 is 17.6 Å². The molecule has 0 aromatic heterocycles. The molecule has 0 spiro atoms. The minimum Gasteiger partial charge on any atom is -0.353 e. The van der Waals surface area contributed by atoms with Crippen molar-refractivity contribution < 1.29 is 9.59 Å². The zero-order chi connectivity index (χ0) is 14.7. The highest BCUT2D eigenvalue weighted by Gasteiger charge is 2.29. The van der Waals surface area contributed by atoms with Crippen molar-refractivity contribution in [1.82, 2.24) is 10.2 Å². The van der Waals surface area contributed by atoms with E-state index in [9.17, 15) is 9.59 Å². The van der Waals surface area contributed by atoms with E-state index >= 15 is 0 Å². The van der Waals surface area contributed by atoms with E-state index in [1.807, 2.05) is 30.3 Å². The van der Waals surface area contributed by atoms with E-state index in [-0.39, 0.29) is 17.9 Å². The largest absolute Gasteiger partial charge is 0.353 e. The highest BCUT2D eigenvalue weighted by Crippen LogP contribution is 2.23. The Hall–Kier alpha value is -2.04. The van der Waals surface area contributed by atoms with Crippen molar-refractivity contribution in [3.05, 3.63) is 30.3 Å². The van der Waals surface area contributed by atoms with Gasteiger partial charge < -0.3 is 15.5 Å². The van der Waals surface area contributed by atoms with Gasteiger partial charge in [-0.25, -0.2) is 4.79 Å². The molecule has 3 rings (SSSR count). The lowest BCUT2D eigenvalue weighted by Gasteiger charge is -2.17. The van der Waals surface area contributed by atoms with Crippen LogP contribution in [-0.4, -0.2) is 36.0 Å². The first-order valence-corrected chi connectivity index (χ1v) is 7.61. The van der Waals surface area contributed by atoms with Crippen LogP contribution in [0, 0.1) is 5.92 Å². The topological polar surface area (TPSA) is 61.4 Å². The third-order valence-electron chi connectivity index (χ3n) is 4.01. The summed E-state index contributed by atoms with van der Waals surface area (Å²) in [6.07, 6.45) is 3.66. The normalized spacial score (nSPS) is 21.1. The number of anilines is 1. The highest BCUT2D eigenvalue weighted by molar-refractivity contribution is 5.89. The second-order valence-electron chi connectivity index (χ2n) is 5.94. The number of benzene rings is 1. The standard InChI is InChI=1S/C16H21N3O2/c20-15(17-14-6-7-14)10-12-8-9-19(11-12)16(21)18-13-4-2-1-3-5-13/h1-5,12,14H,6-11H2,(H,17,20)(H,18,21). The lowest BCUT2D eigenvalue weighted by atomic mass is 10.0. The quantitative estimate of drug-likeness (QED) is 0.892. The Morgan fingerprint density at radius 2 is 1.90 bits per heavy atom. The van der Waals surface area contributed by atoms with Crippen LogP contribution in [0.1, 0.15) is 25.7 Å². The molecule has 21 heavy (non-hydrogen) atoms. The Kier molecular flexibility index (Phi) is 4.08. The summed E-state index contributed by atoms with van der Waals surface area (Å²) in [5.41, 5.74) is 0.803. The van der Waals surface area contributed by atoms with E-state index in [0.29, 0.717) is 19.0 Å². The molecule has 1 unspecified atom stereocenters. The Labute approximate surface area is 124 Å². The molecule has 1 heterocycles. The minimum absolute atomic E-state index is 0.0775. The molecule has 5 nitrogen and oxygen atoms in total. The monoisotopic (exact) mass is 287 g/mol. The van der Waals surface area contributed by atoms with Gasteiger partial charge in [0.2, 0.25) is 5.91 Å². The molecule has 3 amide bonds. The maximum atomic E-state index is 12.1. The molecular formula is C16H21N3O2. The van der Waals surface area contributed by atoms with E-state index in [1.165, 1.54) is 0 Å². The van der Waals surface area contributed by atoms with Crippen LogP contribution in [0.5, 0.6) is 0 Å². The maximum Gasteiger partial charge on any atom is 0.321 e. The summed E-state index contributed by atoms with van der Waals surface area (Å²) in [4.78, 5) is 25.7. The van der Waals surface area contributed by atoms with Crippen molar-refractivity contribution in [3.8, 4) is 0 Å². The Balaban J connectivity index is 1.45. The zero-order valence-electron chi connectivity index (χ0n) is 12.0. The van der Waals surface area contributed by atoms with Crippen LogP contribution in [0.4, 0.5) is 10.5 Å². The van der Waals surface area contributed by atoms with Gasteiger partial charge in [0.15, 0.2) is 0 Å². The number of urea groups is 1. The molecule has 1 aromatic rings. The van der Waals surface area contributed by atoms with Gasteiger partial charge in [0.1, 0.15) is 0 Å². The van der Waals surface area contributed by atoms with Crippen LogP contribution in [0.3, 0.4) is 0 Å². The van der Waals surface area contributed by atoms with Crippen LogP contribution >= 0.6 is 0 Å². The number of hydrogen-bond acceptors (Lipinski definition) is 2. The van der Waals surface area contributed by atoms with Crippen molar-refractivity contribution in [1.29, 1.82) is 0 Å². The van der Waals surface area contributed by atoms with Crippen LogP contribution < -0.4 is 10.6 Å². The van der Waals surface area contributed by atoms with Gasteiger partial charge in [0.25, 0.3) is 0 Å². The average molecular weight is 287 g/mol. The van der Waals surface area contributed by atoms with Gasteiger partial charge >= 0.3 is 6.03 Å². The fourth-order valence-corrected chi connectivity index (χ4v) is 2.68. The number of nitrogens with zero attached hydrogens (tertiary/aromatic N) is 1. The fourth-order valence-electron chi connectivity index (χ4n) is 2.68. The van der Waals surface area contributed by atoms with E-state index in [4.69, 9.17) is 0 Å². The molecule has 1 saturated carbocycles. The lowest BCUT2D eigenvalue weighted by Crippen LogP contribution is -2.34. The third kappa shape index (κ3) is 3.97. The fraction of sp³-hybridized carbons (Fsp3) is 0.500. The first-order valence-electron chi connectivity index (χ1n) is 7.61. The minimum atomic E-state index is -0.0775. The van der Waals surface area contributed by atoms with Crippen LogP contribution in [-0.2, 0) is 4.79 Å². The molecule has 2 aliphatic rings. The second-order valence-corrected chi connectivity index (χ2v) is 5.94. The van der Waals surface area contributed by atoms with Crippen molar-refractivity contribution in [2.24, 2.45) is 5.92 Å². The molecule has 1 aromatic carbocycles. The zero-order valence-corrected chi connectivity index (χ0v) is 12.0. The number of rotatable bonds is 4. The SMILES string of the molecule is O=C(CC1CCN(C(=O)Nc2ccccc2)C1)NC1CC1. The summed E-state index contributed by atoms with van der Waals surface area (Å²) in [6.45, 7) is 1.39. The van der Waals surface area contributed by atoms with Gasteiger partial charge in [-0.15, -0.1) is 0 Å². The van der Waals surface area contributed by atoms with Gasteiger partial charge in [-0.05, 0) is 37.3 Å². The Bertz CT molecular complexity index is 514. The van der Waals surface area contributed by atoms with Gasteiger partial charge in [0.05, 0.1) is 0 Å². The van der Waals surface area contributed by atoms with Gasteiger partial charge in [-0.2, -0.15) is 0 Å². The molecule has 0 radical (unpaired) electrons. The maximum absolute atomic E-state index is 12.1. The Morgan fingerprint density at radius 3 is 2.62 bits per heavy atom. The van der Waals surface area contributed by atoms with E-state index in [0.717, 1.165) is 31.5 Å². The molecule has 2 fully saturated rings. The second kappa shape index (κ2) is 6.16. The first kappa shape index (κ1) is 13.9. The number of nitrogens with one attached hydrogen (secondary N) is 2. The summed E-state index contributed by atoms with van der Waals surface area (Å²) in [6, 6.07) is 9.78. The number of carbonyl (C=O) groups is 2. The number of hydrogen-bond donors (Lipinski definition) is 2. The van der Waals surface area contributed by atoms with Crippen molar-refractivity contribution in [2.75, 3.05) is 18.4 Å². The van der Waals surface area contributed by atoms with E-state index in [1.54, 1.807) is 4.90 Å². The van der Waals surface area contributed by atoms with Gasteiger partial charge in [-0.3, -0.25) is 4.79 Å². The predicted molar refractivity (Wildman–Crippen MR) is 80.9 cm³/mol. The Morgan fingerprint density at radius 1 is 1.14 bits per heavy atom. The number of likely N-dealkylation sites (tertiary alicyclic amines) is 1. The molecule has 0 bridgehead atoms. The summed E-state index contributed by atoms with van der Waals surface area (Å²) >= 11 is 0. The average Bonchev–Trinajstić information content (AvgIpc) is 3.15. The summed E-state index contributed by atoms with van der Waals surface area (Å²) < 4.78 is 0. The molecule has 5 heteroatoms. The van der Waals surface area contributed by atoms with Crippen LogP contribution in [0.25, 0.3) is 0 Å². The molecule has 1 aliphatic heterocycles. The molecular weight excluding hydrogens is 266 g/mol. The molecule has 2 N–H and O–H groups in total. The smallest absolute Gasteiger partial charge is 0.321 e. The van der Waals surface area contributed by atoms with Gasteiger partial charge in [0, 0.05) is 31.2 Å². The highest BCUT2D eigenvalue weighted by atomic mass is 16.2. The van der Waals surface area contributed by atoms with Crippen molar-refractivity contribution in [3.63, 3.8) is 0 Å². The summed E-state index contributed by atoms with van der Waals surface area (Å²) in [5, 5.41) is 5.89. The van der Waals surface area contributed by atoms with Crippen LogP contribution in [0.2, 0.25) is 0 Å². The van der Waals surface area contributed by atoms with Gasteiger partial charge in [-0.1, -0.05) is 18.2 Å². The van der Waals surface area contributed by atoms with E-state index in [2.05, 4.69) is 10.6 Å². The molecule has 1 aliphatic carbocycles. The first-order chi connectivity index (χ1) is 10.2. The number of para-hydroxylation sites is 1. The lowest BCUT2D eigenvalue weighted by molar-refractivity contribution is -0.122. The third-order valence-corrected chi connectivity index (χ3v) is 4.01. The van der Waals surface area contributed by atoms with Crippen LogP contribution in [0.15, 0.2) is 30.3 Å².